The van der Waals surface area contributed by atoms with Crippen LogP contribution in [0, 0.1) is 0 Å². The molecule has 2 heterocycles. The lowest BCUT2D eigenvalue weighted by atomic mass is 10.4. The van der Waals surface area contributed by atoms with E-state index in [9.17, 15) is 8.42 Å². The fraction of sp³-hybridized carbons (Fsp3) is 1.00. The number of morpholine rings is 1. The van der Waals surface area contributed by atoms with Gasteiger partial charge in [0.15, 0.2) is 0 Å². The van der Waals surface area contributed by atoms with Crippen molar-refractivity contribution in [2.24, 2.45) is 0 Å². The lowest BCUT2D eigenvalue weighted by Crippen LogP contribution is -2.52. The normalized spacial score (nSPS) is 26.7. The molecule has 7 heteroatoms. The summed E-state index contributed by atoms with van der Waals surface area (Å²) in [7, 11) is -3.26. The van der Waals surface area contributed by atoms with Gasteiger partial charge in [-0.15, -0.1) is 0 Å². The molecule has 2 saturated heterocycles. The summed E-state index contributed by atoms with van der Waals surface area (Å²) in [5.41, 5.74) is 0. The fourth-order valence-corrected chi connectivity index (χ4v) is 3.32. The number of hydrogen-bond acceptors (Lipinski definition) is 3. The van der Waals surface area contributed by atoms with Gasteiger partial charge in [-0.05, 0) is 0 Å². The molecule has 15 heavy (non-hydrogen) atoms. The van der Waals surface area contributed by atoms with Gasteiger partial charge in [0, 0.05) is 39.3 Å². The van der Waals surface area contributed by atoms with Crippen LogP contribution in [0.2, 0.25) is 0 Å². The zero-order valence-corrected chi connectivity index (χ0v) is 9.45. The molecule has 0 aromatic rings. The van der Waals surface area contributed by atoms with E-state index in [0.717, 1.165) is 0 Å². The predicted molar refractivity (Wildman–Crippen MR) is 54.8 cm³/mol. The number of ether oxygens (including phenoxy) is 1. The molecule has 0 bridgehead atoms. The minimum atomic E-state index is -3.26. The molecular weight excluding hydrogens is 218 g/mol. The molecule has 2 aliphatic rings. The Balaban J connectivity index is 2.03. The van der Waals surface area contributed by atoms with E-state index in [1.807, 2.05) is 0 Å². The van der Waals surface area contributed by atoms with E-state index in [4.69, 9.17) is 4.74 Å². The Morgan fingerprint density at radius 1 is 0.933 bits per heavy atom. The maximum absolute atomic E-state index is 12.1. The van der Waals surface area contributed by atoms with Crippen molar-refractivity contribution >= 4 is 10.2 Å². The summed E-state index contributed by atoms with van der Waals surface area (Å²) in [6.07, 6.45) is 0. The summed E-state index contributed by atoms with van der Waals surface area (Å²) in [6.45, 7) is 4.19. The first-order chi connectivity index (χ1) is 7.21. The third-order valence-electron chi connectivity index (χ3n) is 2.64. The molecule has 2 rings (SSSR count). The number of piperazine rings is 1. The van der Waals surface area contributed by atoms with Gasteiger partial charge in [-0.1, -0.05) is 0 Å². The number of hydrogen-bond donors (Lipinski definition) is 0. The van der Waals surface area contributed by atoms with Crippen molar-refractivity contribution in [3.8, 4) is 0 Å². The van der Waals surface area contributed by atoms with Crippen LogP contribution in [-0.2, 0) is 14.9 Å². The van der Waals surface area contributed by atoms with Crippen LogP contribution in [-0.4, -0.2) is 69.5 Å². The van der Waals surface area contributed by atoms with E-state index in [1.165, 1.54) is 8.61 Å². The van der Waals surface area contributed by atoms with Crippen LogP contribution in [0.4, 0.5) is 0 Å². The quantitative estimate of drug-likeness (QED) is 0.583. The molecule has 2 aliphatic heterocycles. The second-order valence-corrected chi connectivity index (χ2v) is 5.52. The highest BCUT2D eigenvalue weighted by molar-refractivity contribution is 7.86. The molecule has 0 aromatic heterocycles. The molecule has 87 valence electrons. The Bertz CT molecular complexity index is 270. The topological polar surface area (TPSA) is 64.0 Å². The van der Waals surface area contributed by atoms with Gasteiger partial charge in [-0.2, -0.15) is 17.0 Å². The Morgan fingerprint density at radius 3 is 2.07 bits per heavy atom. The van der Waals surface area contributed by atoms with Gasteiger partial charge in [0.1, 0.15) is 0 Å². The van der Waals surface area contributed by atoms with Gasteiger partial charge < -0.3 is 4.74 Å². The second-order valence-electron chi connectivity index (χ2n) is 3.59. The maximum atomic E-state index is 12.1. The summed E-state index contributed by atoms with van der Waals surface area (Å²) >= 11 is 0. The first-order valence-corrected chi connectivity index (χ1v) is 6.57. The SMILES string of the molecule is O=S(=O)(N1CC[N]CC1)N1CCOCC1. The van der Waals surface area contributed by atoms with Crippen molar-refractivity contribution in [1.82, 2.24) is 13.9 Å². The average molecular weight is 234 g/mol. The van der Waals surface area contributed by atoms with Gasteiger partial charge >= 0.3 is 0 Å². The molecule has 0 unspecified atom stereocenters. The molecule has 2 fully saturated rings. The first-order valence-electron chi connectivity index (χ1n) is 5.17. The van der Waals surface area contributed by atoms with Crippen LogP contribution in [0.15, 0.2) is 0 Å². The molecule has 0 saturated carbocycles. The molecule has 0 spiro atoms. The standard InChI is InChI=1S/C8H16N3O3S/c12-15(13,10-3-1-9-2-4-10)11-5-7-14-8-6-11/h1-8H2. The van der Waals surface area contributed by atoms with Crippen molar-refractivity contribution in [3.05, 3.63) is 0 Å². The Labute approximate surface area is 90.4 Å². The summed E-state index contributed by atoms with van der Waals surface area (Å²) < 4.78 is 32.4. The van der Waals surface area contributed by atoms with Crippen molar-refractivity contribution in [2.75, 3.05) is 52.5 Å². The summed E-state index contributed by atoms with van der Waals surface area (Å²) in [4.78, 5) is 0. The van der Waals surface area contributed by atoms with Gasteiger partial charge in [0.25, 0.3) is 10.2 Å². The summed E-state index contributed by atoms with van der Waals surface area (Å²) in [6, 6.07) is 0. The lowest BCUT2D eigenvalue weighted by Gasteiger charge is -2.33. The van der Waals surface area contributed by atoms with E-state index < -0.39 is 10.2 Å². The minimum absolute atomic E-state index is 0.468. The Hall–Kier alpha value is -0.210. The van der Waals surface area contributed by atoms with Crippen molar-refractivity contribution in [2.45, 2.75) is 0 Å². The van der Waals surface area contributed by atoms with E-state index in [2.05, 4.69) is 5.32 Å². The minimum Gasteiger partial charge on any atom is -0.379 e. The van der Waals surface area contributed by atoms with Crippen LogP contribution in [0.1, 0.15) is 0 Å². The Kier molecular flexibility index (Phi) is 3.57. The predicted octanol–water partition coefficient (Wildman–Crippen LogP) is -1.52. The highest BCUT2D eigenvalue weighted by Gasteiger charge is 2.31. The largest absolute Gasteiger partial charge is 0.379 e. The molecule has 0 amide bonds. The molecule has 0 aliphatic carbocycles. The van der Waals surface area contributed by atoms with Gasteiger partial charge in [-0.3, -0.25) is 0 Å². The Morgan fingerprint density at radius 2 is 1.47 bits per heavy atom. The average Bonchev–Trinajstić information content (AvgIpc) is 2.31. The van der Waals surface area contributed by atoms with E-state index in [1.54, 1.807) is 0 Å². The molecule has 1 radical (unpaired) electrons. The molecular formula is C8H16N3O3S. The van der Waals surface area contributed by atoms with Gasteiger partial charge in [0.05, 0.1) is 13.2 Å². The summed E-state index contributed by atoms with van der Waals surface area (Å²) in [5, 5.41) is 4.14. The monoisotopic (exact) mass is 234 g/mol. The zero-order chi connectivity index (χ0) is 10.7. The first kappa shape index (κ1) is 11.3. The molecule has 6 nitrogen and oxygen atoms in total. The van der Waals surface area contributed by atoms with Crippen LogP contribution in [0.25, 0.3) is 0 Å². The highest BCUT2D eigenvalue weighted by Crippen LogP contribution is 2.11. The number of nitrogens with zero attached hydrogens (tertiary/aromatic N) is 3. The lowest BCUT2D eigenvalue weighted by molar-refractivity contribution is 0.0699. The third-order valence-corrected chi connectivity index (χ3v) is 4.67. The maximum Gasteiger partial charge on any atom is 0.282 e. The second kappa shape index (κ2) is 4.75. The van der Waals surface area contributed by atoms with Crippen LogP contribution >= 0.6 is 0 Å². The fourth-order valence-electron chi connectivity index (χ4n) is 1.76. The molecule has 0 atom stereocenters. The van der Waals surface area contributed by atoms with E-state index in [-0.39, 0.29) is 0 Å². The van der Waals surface area contributed by atoms with Crippen molar-refractivity contribution in [1.29, 1.82) is 0 Å². The highest BCUT2D eigenvalue weighted by atomic mass is 32.2. The molecule has 0 aromatic carbocycles. The van der Waals surface area contributed by atoms with Gasteiger partial charge in [0.2, 0.25) is 0 Å². The van der Waals surface area contributed by atoms with E-state index >= 15 is 0 Å². The van der Waals surface area contributed by atoms with Crippen molar-refractivity contribution in [3.63, 3.8) is 0 Å². The van der Waals surface area contributed by atoms with Crippen molar-refractivity contribution < 1.29 is 13.2 Å². The van der Waals surface area contributed by atoms with Crippen LogP contribution in [0.5, 0.6) is 0 Å². The summed E-state index contributed by atoms with van der Waals surface area (Å²) in [5.74, 6) is 0. The smallest absolute Gasteiger partial charge is 0.282 e. The molecule has 0 N–H and O–H groups in total. The van der Waals surface area contributed by atoms with Gasteiger partial charge in [-0.25, -0.2) is 5.32 Å². The third kappa shape index (κ3) is 2.48. The zero-order valence-electron chi connectivity index (χ0n) is 8.63. The number of rotatable bonds is 2. The van der Waals surface area contributed by atoms with Crippen LogP contribution < -0.4 is 5.32 Å². The van der Waals surface area contributed by atoms with Crippen LogP contribution in [0.3, 0.4) is 0 Å². The van der Waals surface area contributed by atoms with E-state index in [0.29, 0.717) is 52.5 Å².